The molecule has 2 nitrogen and oxygen atoms in total. The Morgan fingerprint density at radius 3 is 2.78 bits per heavy atom. The second kappa shape index (κ2) is 4.65. The van der Waals surface area contributed by atoms with E-state index in [0.29, 0.717) is 0 Å². The summed E-state index contributed by atoms with van der Waals surface area (Å²) in [5.74, 6) is 0. The van der Waals surface area contributed by atoms with Crippen LogP contribution in [0, 0.1) is 0 Å². The Morgan fingerprint density at radius 2 is 1.89 bits per heavy atom. The Hall–Kier alpha value is -2.09. The van der Waals surface area contributed by atoms with Crippen LogP contribution in [0.2, 0.25) is 0 Å². The van der Waals surface area contributed by atoms with Crippen LogP contribution in [0.3, 0.4) is 0 Å². The van der Waals surface area contributed by atoms with Gasteiger partial charge in [0.15, 0.2) is 0 Å². The third-order valence-corrected chi connectivity index (χ3v) is 3.19. The standard InChI is InChI=1S/C16H16N2/c1-2-10-18-12-14(11-17-18)16-9-5-7-13-6-3-4-8-15(13)16/h3-9,11-12H,2,10H2,1H3. The molecule has 0 N–H and O–H groups in total. The largest absolute Gasteiger partial charge is 0.272 e. The molecule has 3 rings (SSSR count). The van der Waals surface area contributed by atoms with E-state index >= 15 is 0 Å². The molecule has 0 saturated heterocycles. The number of hydrogen-bond donors (Lipinski definition) is 0. The Kier molecular flexibility index (Phi) is 2.85. The van der Waals surface area contributed by atoms with Gasteiger partial charge in [0.2, 0.25) is 0 Å². The van der Waals surface area contributed by atoms with Gasteiger partial charge in [0.25, 0.3) is 0 Å². The highest BCUT2D eigenvalue weighted by molar-refractivity contribution is 5.96. The van der Waals surface area contributed by atoms with Gasteiger partial charge >= 0.3 is 0 Å². The number of aromatic nitrogens is 2. The number of fused-ring (bicyclic) bond motifs is 1. The maximum Gasteiger partial charge on any atom is 0.0568 e. The van der Waals surface area contributed by atoms with Crippen LogP contribution >= 0.6 is 0 Å². The first-order valence-electron chi connectivity index (χ1n) is 6.39. The topological polar surface area (TPSA) is 17.8 Å². The van der Waals surface area contributed by atoms with Crippen molar-refractivity contribution in [2.24, 2.45) is 0 Å². The SMILES string of the molecule is CCCn1cc(-c2cccc3ccccc23)cn1. The van der Waals surface area contributed by atoms with E-state index in [4.69, 9.17) is 0 Å². The maximum atomic E-state index is 4.41. The fourth-order valence-electron chi connectivity index (χ4n) is 2.33. The number of hydrogen-bond acceptors (Lipinski definition) is 1. The van der Waals surface area contributed by atoms with Gasteiger partial charge in [0, 0.05) is 18.3 Å². The normalized spacial score (nSPS) is 10.9. The highest BCUT2D eigenvalue weighted by Gasteiger charge is 2.05. The molecular formula is C16H16N2. The predicted molar refractivity (Wildman–Crippen MR) is 75.5 cm³/mol. The minimum atomic E-state index is 0.977. The molecule has 18 heavy (non-hydrogen) atoms. The first-order valence-corrected chi connectivity index (χ1v) is 6.39. The summed E-state index contributed by atoms with van der Waals surface area (Å²) in [5.41, 5.74) is 2.45. The van der Waals surface area contributed by atoms with Crippen LogP contribution in [-0.4, -0.2) is 9.78 Å². The second-order valence-corrected chi connectivity index (χ2v) is 4.52. The molecule has 0 aliphatic rings. The van der Waals surface area contributed by atoms with Crippen LogP contribution in [0.1, 0.15) is 13.3 Å². The molecular weight excluding hydrogens is 220 g/mol. The van der Waals surface area contributed by atoms with Crippen molar-refractivity contribution in [3.63, 3.8) is 0 Å². The van der Waals surface area contributed by atoms with Gasteiger partial charge in [-0.05, 0) is 22.8 Å². The molecule has 0 aliphatic carbocycles. The zero-order valence-electron chi connectivity index (χ0n) is 10.5. The van der Waals surface area contributed by atoms with Gasteiger partial charge in [-0.2, -0.15) is 5.10 Å². The Morgan fingerprint density at radius 1 is 1.06 bits per heavy atom. The van der Waals surface area contributed by atoms with E-state index in [1.807, 2.05) is 10.9 Å². The van der Waals surface area contributed by atoms with E-state index < -0.39 is 0 Å². The first-order chi connectivity index (χ1) is 8.88. The average Bonchev–Trinajstić information content (AvgIpc) is 2.87. The lowest BCUT2D eigenvalue weighted by Crippen LogP contribution is -1.95. The van der Waals surface area contributed by atoms with E-state index in [2.05, 4.69) is 60.7 Å². The van der Waals surface area contributed by atoms with E-state index in [9.17, 15) is 0 Å². The Bertz CT molecular complexity index is 662. The molecule has 0 atom stereocenters. The smallest absolute Gasteiger partial charge is 0.0568 e. The molecule has 0 spiro atoms. The first kappa shape index (κ1) is 11.0. The van der Waals surface area contributed by atoms with Crippen molar-refractivity contribution in [3.05, 3.63) is 54.9 Å². The quantitative estimate of drug-likeness (QED) is 0.669. The van der Waals surface area contributed by atoms with E-state index in [1.54, 1.807) is 0 Å². The van der Waals surface area contributed by atoms with Crippen molar-refractivity contribution in [2.45, 2.75) is 19.9 Å². The van der Waals surface area contributed by atoms with Crippen molar-refractivity contribution < 1.29 is 0 Å². The monoisotopic (exact) mass is 236 g/mol. The van der Waals surface area contributed by atoms with Gasteiger partial charge in [-0.15, -0.1) is 0 Å². The van der Waals surface area contributed by atoms with Crippen LogP contribution in [0.15, 0.2) is 54.9 Å². The summed E-state index contributed by atoms with van der Waals surface area (Å²) in [6.07, 6.45) is 5.19. The van der Waals surface area contributed by atoms with Crippen LogP contribution in [-0.2, 0) is 6.54 Å². The fourth-order valence-corrected chi connectivity index (χ4v) is 2.33. The van der Waals surface area contributed by atoms with Crippen molar-refractivity contribution in [1.29, 1.82) is 0 Å². The van der Waals surface area contributed by atoms with Gasteiger partial charge in [0.1, 0.15) is 0 Å². The molecule has 1 aromatic heterocycles. The van der Waals surface area contributed by atoms with Gasteiger partial charge in [0.05, 0.1) is 6.20 Å². The molecule has 0 saturated carbocycles. The summed E-state index contributed by atoms with van der Waals surface area (Å²) >= 11 is 0. The van der Waals surface area contributed by atoms with Gasteiger partial charge in [-0.1, -0.05) is 49.4 Å². The minimum absolute atomic E-state index is 0.977. The average molecular weight is 236 g/mol. The molecule has 1 heterocycles. The highest BCUT2D eigenvalue weighted by atomic mass is 15.3. The van der Waals surface area contributed by atoms with Gasteiger partial charge < -0.3 is 0 Å². The van der Waals surface area contributed by atoms with Crippen LogP contribution in [0.5, 0.6) is 0 Å². The minimum Gasteiger partial charge on any atom is -0.272 e. The third-order valence-electron chi connectivity index (χ3n) is 3.19. The zero-order chi connectivity index (χ0) is 12.4. The van der Waals surface area contributed by atoms with E-state index in [1.165, 1.54) is 21.9 Å². The molecule has 3 aromatic rings. The Balaban J connectivity index is 2.12. The summed E-state index contributed by atoms with van der Waals surface area (Å²) in [4.78, 5) is 0. The summed E-state index contributed by atoms with van der Waals surface area (Å²) < 4.78 is 2.01. The highest BCUT2D eigenvalue weighted by Crippen LogP contribution is 2.27. The van der Waals surface area contributed by atoms with Gasteiger partial charge in [-0.25, -0.2) is 0 Å². The van der Waals surface area contributed by atoms with E-state index in [-0.39, 0.29) is 0 Å². The zero-order valence-corrected chi connectivity index (χ0v) is 10.5. The lowest BCUT2D eigenvalue weighted by molar-refractivity contribution is 0.603. The Labute approximate surface area is 107 Å². The number of rotatable bonds is 3. The maximum absolute atomic E-state index is 4.41. The number of nitrogens with zero attached hydrogens (tertiary/aromatic N) is 2. The number of aryl methyl sites for hydroxylation is 1. The summed E-state index contributed by atoms with van der Waals surface area (Å²) in [7, 11) is 0. The van der Waals surface area contributed by atoms with Crippen molar-refractivity contribution >= 4 is 10.8 Å². The van der Waals surface area contributed by atoms with Crippen LogP contribution in [0.25, 0.3) is 21.9 Å². The van der Waals surface area contributed by atoms with Crippen molar-refractivity contribution in [2.75, 3.05) is 0 Å². The molecule has 90 valence electrons. The lowest BCUT2D eigenvalue weighted by Gasteiger charge is -2.03. The predicted octanol–water partition coefficient (Wildman–Crippen LogP) is 4.11. The van der Waals surface area contributed by atoms with Gasteiger partial charge in [-0.3, -0.25) is 4.68 Å². The number of benzene rings is 2. The molecule has 0 amide bonds. The van der Waals surface area contributed by atoms with Crippen LogP contribution in [0.4, 0.5) is 0 Å². The summed E-state index contributed by atoms with van der Waals surface area (Å²) in [6.45, 7) is 3.14. The lowest BCUT2D eigenvalue weighted by atomic mass is 10.0. The molecule has 0 radical (unpaired) electrons. The van der Waals surface area contributed by atoms with E-state index in [0.717, 1.165) is 13.0 Å². The molecule has 2 aromatic carbocycles. The van der Waals surface area contributed by atoms with Crippen molar-refractivity contribution in [3.8, 4) is 11.1 Å². The molecule has 0 bridgehead atoms. The van der Waals surface area contributed by atoms with Crippen LogP contribution < -0.4 is 0 Å². The second-order valence-electron chi connectivity index (χ2n) is 4.52. The fraction of sp³-hybridized carbons (Fsp3) is 0.188. The molecule has 0 aliphatic heterocycles. The molecule has 0 fully saturated rings. The summed E-state index contributed by atoms with van der Waals surface area (Å²) in [5, 5.41) is 6.97. The summed E-state index contributed by atoms with van der Waals surface area (Å²) in [6, 6.07) is 14.9. The van der Waals surface area contributed by atoms with Crippen molar-refractivity contribution in [1.82, 2.24) is 9.78 Å². The third kappa shape index (κ3) is 1.90. The molecule has 2 heteroatoms. The molecule has 0 unspecified atom stereocenters.